The number of hydrogen-bond acceptors (Lipinski definition) is 3. The summed E-state index contributed by atoms with van der Waals surface area (Å²) in [4.78, 5) is 9.47. The summed E-state index contributed by atoms with van der Waals surface area (Å²) in [5.41, 5.74) is 4.53. The van der Waals surface area contributed by atoms with E-state index >= 15 is 0 Å². The van der Waals surface area contributed by atoms with Crippen LogP contribution in [0.3, 0.4) is 0 Å². The van der Waals surface area contributed by atoms with Crippen LogP contribution in [0.5, 0.6) is 0 Å². The number of rotatable bonds is 4. The molecular weight excluding hydrogens is 217 g/mol. The fourth-order valence-electron chi connectivity index (χ4n) is 0.327. The zero-order chi connectivity index (χ0) is 10.9. The van der Waals surface area contributed by atoms with Crippen molar-refractivity contribution in [2.24, 2.45) is 5.73 Å². The summed E-state index contributed by atoms with van der Waals surface area (Å²) in [6.45, 7) is 4.95. The third kappa shape index (κ3) is 29.6. The minimum atomic E-state index is -3.69. The van der Waals surface area contributed by atoms with Gasteiger partial charge in [-0.1, -0.05) is 19.9 Å². The monoisotopic (exact) mass is 233 g/mol. The number of carbonyl (C=O) groups excluding carboxylic acids is 1. The molecule has 0 aromatic rings. The van der Waals surface area contributed by atoms with Crippen LogP contribution in [0.2, 0.25) is 0 Å². The molecule has 0 aromatic heterocycles. The van der Waals surface area contributed by atoms with Crippen LogP contribution in [0, 0.1) is 0 Å². The van der Waals surface area contributed by atoms with Crippen LogP contribution in [-0.2, 0) is 14.9 Å². The molecule has 5 nitrogen and oxygen atoms in total. The average Bonchev–Trinajstić information content (AvgIpc) is 2.00. The van der Waals surface area contributed by atoms with Crippen LogP contribution in [-0.4, -0.2) is 24.6 Å². The number of primary amides is 1. The van der Waals surface area contributed by atoms with E-state index in [9.17, 15) is 13.2 Å². The van der Waals surface area contributed by atoms with Crippen LogP contribution in [0.1, 0.15) is 21.2 Å². The number of hydrogen-bond donors (Lipinski definition) is 2. The van der Waals surface area contributed by atoms with Crippen LogP contribution < -0.4 is 35.3 Å². The molecule has 3 N–H and O–H groups in total. The fraction of sp³-hybridized carbons (Fsp3) is 0.571. The van der Waals surface area contributed by atoms with E-state index in [1.54, 1.807) is 0 Å². The molecule has 14 heavy (non-hydrogen) atoms. The Kier molecular flexibility index (Phi) is 15.7. The molecule has 0 bridgehead atoms. The molecule has 0 aromatic carbocycles. The first-order chi connectivity index (χ1) is 5.83. The van der Waals surface area contributed by atoms with E-state index in [0.29, 0.717) is 6.42 Å². The average molecular weight is 233 g/mol. The molecule has 0 radical (unpaired) electrons. The summed E-state index contributed by atoms with van der Waals surface area (Å²) < 4.78 is 28.0. The molecule has 0 saturated heterocycles. The summed E-state index contributed by atoms with van der Waals surface area (Å²) in [6, 6.07) is 0. The van der Waals surface area contributed by atoms with E-state index in [2.05, 4.69) is 12.3 Å². The van der Waals surface area contributed by atoms with E-state index in [-0.39, 0.29) is 36.7 Å². The Labute approximate surface area is 108 Å². The van der Waals surface area contributed by atoms with Gasteiger partial charge in [0.25, 0.3) is 10.1 Å². The second kappa shape index (κ2) is 11.2. The van der Waals surface area contributed by atoms with Crippen molar-refractivity contribution < 1.29 is 48.7 Å². The van der Waals surface area contributed by atoms with E-state index in [1.165, 1.54) is 0 Å². The maximum atomic E-state index is 9.95. The summed E-state index contributed by atoms with van der Waals surface area (Å²) in [5, 5.41) is 0. The second-order valence-corrected chi connectivity index (χ2v) is 3.82. The van der Waals surface area contributed by atoms with Crippen molar-refractivity contribution in [3.63, 3.8) is 0 Å². The number of amides is 1. The Hall–Kier alpha value is 0.120. The summed E-state index contributed by atoms with van der Waals surface area (Å²) in [6.07, 6.45) is 2.39. The molecule has 0 aliphatic carbocycles. The predicted octanol–water partition coefficient (Wildman–Crippen LogP) is -2.55. The standard InChI is InChI=1S/C4H10O3S.C3H5NO.Na.H/c1-2-3-4-8(5,6)7;1-2-3(4)5;;/h2-4H2,1H3,(H,5,6,7);2H,1H2,(H2,4,5);;/q;;+1;-1. The summed E-state index contributed by atoms with van der Waals surface area (Å²) >= 11 is 0. The van der Waals surface area contributed by atoms with Crippen LogP contribution >= 0.6 is 0 Å². The van der Waals surface area contributed by atoms with Gasteiger partial charge in [-0.15, -0.1) is 0 Å². The Morgan fingerprint density at radius 2 is 2.00 bits per heavy atom. The van der Waals surface area contributed by atoms with Gasteiger partial charge >= 0.3 is 29.6 Å². The van der Waals surface area contributed by atoms with Gasteiger partial charge in [-0.25, -0.2) is 0 Å². The molecule has 1 amide bonds. The molecule has 7 heteroatoms. The van der Waals surface area contributed by atoms with E-state index in [1.807, 2.05) is 6.92 Å². The third-order valence-corrected chi connectivity index (χ3v) is 1.76. The van der Waals surface area contributed by atoms with Crippen LogP contribution in [0.4, 0.5) is 0 Å². The van der Waals surface area contributed by atoms with Crippen molar-refractivity contribution in [2.75, 3.05) is 5.75 Å². The van der Waals surface area contributed by atoms with Crippen molar-refractivity contribution in [1.29, 1.82) is 0 Å². The van der Waals surface area contributed by atoms with Gasteiger partial charge in [-0.2, -0.15) is 8.42 Å². The zero-order valence-electron chi connectivity index (χ0n) is 9.56. The Bertz CT molecular complexity index is 256. The Morgan fingerprint density at radius 1 is 1.64 bits per heavy atom. The van der Waals surface area contributed by atoms with Gasteiger partial charge in [0.1, 0.15) is 0 Å². The van der Waals surface area contributed by atoms with Gasteiger partial charge < -0.3 is 7.16 Å². The second-order valence-electron chi connectivity index (χ2n) is 2.25. The number of carbonyl (C=O) groups is 1. The topological polar surface area (TPSA) is 97.5 Å². The molecule has 0 aliphatic heterocycles. The van der Waals surface area contributed by atoms with Crippen molar-refractivity contribution in [3.8, 4) is 0 Å². The molecule has 0 spiro atoms. The number of nitrogens with two attached hydrogens (primary N) is 1. The Balaban J connectivity index is -0.0000000770. The molecule has 0 fully saturated rings. The zero-order valence-corrected chi connectivity index (χ0v) is 11.4. The van der Waals surface area contributed by atoms with E-state index < -0.39 is 16.0 Å². The first-order valence-corrected chi connectivity index (χ1v) is 5.31. The maximum absolute atomic E-state index is 9.95. The molecule has 0 atom stereocenters. The molecule has 0 saturated carbocycles. The predicted molar refractivity (Wildman–Crippen MR) is 51.8 cm³/mol. The first-order valence-electron chi connectivity index (χ1n) is 3.70. The van der Waals surface area contributed by atoms with Gasteiger partial charge in [0.15, 0.2) is 0 Å². The van der Waals surface area contributed by atoms with Gasteiger partial charge in [-0.05, 0) is 12.5 Å². The minimum Gasteiger partial charge on any atom is -1.00 e. The van der Waals surface area contributed by atoms with Crippen molar-refractivity contribution in [2.45, 2.75) is 19.8 Å². The normalized spacial score (nSPS) is 9.00. The molecule has 80 valence electrons. The third-order valence-electron chi connectivity index (χ3n) is 0.957. The molecule has 0 aliphatic rings. The first kappa shape index (κ1) is 19.7. The minimum absolute atomic E-state index is 0. The van der Waals surface area contributed by atoms with Crippen LogP contribution in [0.25, 0.3) is 0 Å². The van der Waals surface area contributed by atoms with Crippen molar-refractivity contribution in [3.05, 3.63) is 12.7 Å². The molecular formula is C7H16NNaO4S. The molecule has 0 unspecified atom stereocenters. The largest absolute Gasteiger partial charge is 1.00 e. The number of unbranched alkanes of at least 4 members (excludes halogenated alkanes) is 1. The van der Waals surface area contributed by atoms with E-state index in [4.69, 9.17) is 4.55 Å². The summed E-state index contributed by atoms with van der Waals surface area (Å²) in [5.74, 6) is -0.589. The van der Waals surface area contributed by atoms with Gasteiger partial charge in [0, 0.05) is 0 Å². The SMILES string of the molecule is C=CC(N)=O.CCCCS(=O)(=O)O.[H-].[Na+]. The van der Waals surface area contributed by atoms with E-state index in [0.717, 1.165) is 12.5 Å². The smallest absolute Gasteiger partial charge is 1.00 e. The fourth-order valence-corrected chi connectivity index (χ4v) is 0.980. The van der Waals surface area contributed by atoms with Crippen molar-refractivity contribution >= 4 is 16.0 Å². The van der Waals surface area contributed by atoms with Gasteiger partial charge in [-0.3, -0.25) is 9.35 Å². The summed E-state index contributed by atoms with van der Waals surface area (Å²) in [7, 11) is -3.69. The van der Waals surface area contributed by atoms with Crippen molar-refractivity contribution in [1.82, 2.24) is 0 Å². The molecule has 0 heterocycles. The maximum Gasteiger partial charge on any atom is 1.00 e. The molecule has 0 rings (SSSR count). The van der Waals surface area contributed by atoms with Gasteiger partial charge in [0.2, 0.25) is 5.91 Å². The van der Waals surface area contributed by atoms with Gasteiger partial charge in [0.05, 0.1) is 5.75 Å². The Morgan fingerprint density at radius 3 is 2.07 bits per heavy atom. The quantitative estimate of drug-likeness (QED) is 0.317. The van der Waals surface area contributed by atoms with Crippen LogP contribution in [0.15, 0.2) is 12.7 Å².